The van der Waals surface area contributed by atoms with E-state index in [2.05, 4.69) is 24.8 Å². The van der Waals surface area contributed by atoms with Crippen molar-refractivity contribution in [3.63, 3.8) is 0 Å². The van der Waals surface area contributed by atoms with Crippen molar-refractivity contribution in [1.82, 2.24) is 24.8 Å². The molecule has 2 N–H and O–H groups in total. The monoisotopic (exact) mass is 553 g/mol. The van der Waals surface area contributed by atoms with Crippen molar-refractivity contribution in [3.8, 4) is 17.3 Å². The molecule has 0 aliphatic carbocycles. The fourth-order valence-corrected chi connectivity index (χ4v) is 7.04. The molecule has 3 aliphatic rings. The molecule has 3 saturated heterocycles. The van der Waals surface area contributed by atoms with Crippen molar-refractivity contribution in [2.45, 2.75) is 37.4 Å². The first-order valence-electron chi connectivity index (χ1n) is 13.4. The number of benzene rings is 1. The van der Waals surface area contributed by atoms with E-state index < -0.39 is 12.0 Å². The molecule has 2 unspecified atom stereocenters. The van der Waals surface area contributed by atoms with Crippen LogP contribution in [0.2, 0.25) is 0 Å². The largest absolute Gasteiger partial charge is 0.461 e. The number of aromatic nitrogens is 4. The molecule has 2 atom stereocenters. The molecule has 1 aromatic carbocycles. The topological polar surface area (TPSA) is 103 Å². The Labute approximate surface area is 228 Å². The minimum absolute atomic E-state index is 0.0818. The maximum absolute atomic E-state index is 16.3. The second-order valence-electron chi connectivity index (χ2n) is 10.5. The lowest BCUT2D eigenvalue weighted by atomic mass is 9.95. The van der Waals surface area contributed by atoms with Gasteiger partial charge in [0.2, 0.25) is 0 Å². The predicted octanol–water partition coefficient (Wildman–Crippen LogP) is 4.20. The molecular formula is C27H29F2N7O2S. The summed E-state index contributed by atoms with van der Waals surface area (Å²) in [6.45, 7) is 4.05. The van der Waals surface area contributed by atoms with E-state index in [1.807, 2.05) is 12.1 Å². The minimum atomic E-state index is -0.868. The van der Waals surface area contributed by atoms with Crippen molar-refractivity contribution in [2.24, 2.45) is 0 Å². The van der Waals surface area contributed by atoms with Gasteiger partial charge in [-0.15, -0.1) is 0 Å². The van der Waals surface area contributed by atoms with Gasteiger partial charge in [0.25, 0.3) is 0 Å². The van der Waals surface area contributed by atoms with E-state index in [0.717, 1.165) is 30.5 Å². The summed E-state index contributed by atoms with van der Waals surface area (Å²) in [6, 6.07) is 5.60. The Hall–Kier alpha value is -3.22. The van der Waals surface area contributed by atoms with Crippen LogP contribution in [-0.2, 0) is 4.74 Å². The van der Waals surface area contributed by atoms with Gasteiger partial charge in [0, 0.05) is 44.4 Å². The quantitative estimate of drug-likeness (QED) is 0.389. The third-order valence-electron chi connectivity index (χ3n) is 8.09. The number of fused-ring (bicyclic) bond motifs is 3. The van der Waals surface area contributed by atoms with E-state index in [1.165, 1.54) is 11.3 Å². The molecule has 12 heteroatoms. The van der Waals surface area contributed by atoms with E-state index in [0.29, 0.717) is 66.7 Å². The number of hydrogen-bond donors (Lipinski definition) is 1. The van der Waals surface area contributed by atoms with E-state index in [1.54, 1.807) is 12.3 Å². The van der Waals surface area contributed by atoms with Crippen LogP contribution in [0.3, 0.4) is 0 Å². The van der Waals surface area contributed by atoms with Crippen LogP contribution in [0.5, 0.6) is 6.01 Å². The molecule has 0 spiro atoms. The third-order valence-corrected chi connectivity index (χ3v) is 8.94. The molecule has 0 bridgehead atoms. The second kappa shape index (κ2) is 9.76. The third kappa shape index (κ3) is 4.34. The number of thiazole rings is 1. The Kier molecular flexibility index (Phi) is 6.20. The van der Waals surface area contributed by atoms with E-state index in [-0.39, 0.29) is 29.4 Å². The lowest BCUT2D eigenvalue weighted by Crippen LogP contribution is -2.43. The van der Waals surface area contributed by atoms with Crippen LogP contribution in [0.15, 0.2) is 24.4 Å². The molecule has 0 radical (unpaired) electrons. The maximum Gasteiger partial charge on any atom is 0.319 e. The Balaban J connectivity index is 1.33. The maximum atomic E-state index is 16.3. The highest BCUT2D eigenvalue weighted by Crippen LogP contribution is 2.41. The molecule has 6 heterocycles. The number of alkyl halides is 1. The molecule has 7 rings (SSSR count). The van der Waals surface area contributed by atoms with Crippen LogP contribution >= 0.6 is 11.3 Å². The first-order valence-corrected chi connectivity index (χ1v) is 14.2. The molecule has 9 nitrogen and oxygen atoms in total. The molecule has 0 saturated carbocycles. The highest BCUT2D eigenvalue weighted by atomic mass is 32.1. The van der Waals surface area contributed by atoms with Gasteiger partial charge in [0.1, 0.15) is 29.8 Å². The molecule has 204 valence electrons. The number of rotatable bonds is 5. The summed E-state index contributed by atoms with van der Waals surface area (Å²) in [5, 5.41) is 0.908. The van der Waals surface area contributed by atoms with Crippen LogP contribution in [0.1, 0.15) is 25.7 Å². The Morgan fingerprint density at radius 1 is 1.13 bits per heavy atom. The van der Waals surface area contributed by atoms with E-state index in [4.69, 9.17) is 20.2 Å². The predicted molar refractivity (Wildman–Crippen MR) is 147 cm³/mol. The lowest BCUT2D eigenvalue weighted by Gasteiger charge is -2.31. The molecule has 3 aliphatic heterocycles. The van der Waals surface area contributed by atoms with Crippen LogP contribution in [-0.4, -0.2) is 82.5 Å². The summed E-state index contributed by atoms with van der Waals surface area (Å²) in [5.74, 6) is -0.0124. The van der Waals surface area contributed by atoms with Crippen molar-refractivity contribution in [3.05, 3.63) is 30.2 Å². The summed E-state index contributed by atoms with van der Waals surface area (Å²) >= 11 is 1.34. The smallest absolute Gasteiger partial charge is 0.319 e. The summed E-state index contributed by atoms with van der Waals surface area (Å²) < 4.78 is 43.3. The van der Waals surface area contributed by atoms with E-state index in [9.17, 15) is 4.39 Å². The number of nitrogens with zero attached hydrogens (tertiary/aromatic N) is 6. The summed E-state index contributed by atoms with van der Waals surface area (Å²) in [6.07, 6.45) is 3.87. The standard InChI is InChI=1S/C27H29F2N7O2S/c28-16-12-27(6-2-8-36(27)14-16)15-38-26-33-23-18(24(34-26)35-7-3-10-37-11-9-35)13-31-22(20(23)29)17-4-1-5-19-21(17)32-25(30)39-19/h1,4-5,13,16H,2-3,6-12,14-15H2,(H2,30,32). The number of anilines is 2. The molecular weight excluding hydrogens is 524 g/mol. The van der Waals surface area contributed by atoms with Gasteiger partial charge in [0.05, 0.1) is 27.7 Å². The van der Waals surface area contributed by atoms with Gasteiger partial charge in [-0.25, -0.2) is 13.8 Å². The molecule has 3 aromatic heterocycles. The SMILES string of the molecule is Nc1nc2c(-c3ncc4c(N5CCCOCC5)nc(OCC56CCCN5CC(F)C6)nc4c3F)cccc2s1. The van der Waals surface area contributed by atoms with Crippen LogP contribution < -0.4 is 15.4 Å². The number of hydrogen-bond acceptors (Lipinski definition) is 10. The molecule has 0 amide bonds. The van der Waals surface area contributed by atoms with Gasteiger partial charge >= 0.3 is 6.01 Å². The number of pyridine rings is 1. The van der Waals surface area contributed by atoms with Crippen molar-refractivity contribution < 1.29 is 18.3 Å². The van der Waals surface area contributed by atoms with Crippen molar-refractivity contribution in [1.29, 1.82) is 0 Å². The van der Waals surface area contributed by atoms with Gasteiger partial charge in [-0.1, -0.05) is 23.5 Å². The number of para-hydroxylation sites is 1. The number of halogens is 2. The fourth-order valence-electron chi connectivity index (χ4n) is 6.28. The summed E-state index contributed by atoms with van der Waals surface area (Å²) in [4.78, 5) is 22.5. The van der Waals surface area contributed by atoms with Crippen molar-refractivity contribution in [2.75, 3.05) is 56.6 Å². The normalized spacial score (nSPS) is 23.9. The van der Waals surface area contributed by atoms with Gasteiger partial charge in [-0.05, 0) is 31.9 Å². The average Bonchev–Trinajstić information content (AvgIpc) is 3.50. The summed E-state index contributed by atoms with van der Waals surface area (Å²) in [5.41, 5.74) is 7.00. The second-order valence-corrected chi connectivity index (χ2v) is 11.6. The summed E-state index contributed by atoms with van der Waals surface area (Å²) in [7, 11) is 0. The highest BCUT2D eigenvalue weighted by Gasteiger charge is 2.49. The molecule has 3 fully saturated rings. The van der Waals surface area contributed by atoms with Gasteiger partial charge in [0.15, 0.2) is 10.9 Å². The minimum Gasteiger partial charge on any atom is -0.461 e. The van der Waals surface area contributed by atoms with Gasteiger partial charge in [-0.2, -0.15) is 9.97 Å². The number of ether oxygens (including phenoxy) is 2. The fraction of sp³-hybridized carbons (Fsp3) is 0.481. The van der Waals surface area contributed by atoms with E-state index >= 15 is 4.39 Å². The number of nitrogen functional groups attached to an aromatic ring is 1. The highest BCUT2D eigenvalue weighted by molar-refractivity contribution is 7.22. The zero-order valence-electron chi connectivity index (χ0n) is 21.4. The van der Waals surface area contributed by atoms with Gasteiger partial charge < -0.3 is 20.1 Å². The Morgan fingerprint density at radius 2 is 2.05 bits per heavy atom. The van der Waals surface area contributed by atoms with Crippen molar-refractivity contribution >= 4 is 43.4 Å². The average molecular weight is 554 g/mol. The number of nitrogens with two attached hydrogens (primary N) is 1. The van der Waals surface area contributed by atoms with Crippen LogP contribution in [0, 0.1) is 5.82 Å². The zero-order valence-corrected chi connectivity index (χ0v) is 22.2. The van der Waals surface area contributed by atoms with Gasteiger partial charge in [-0.3, -0.25) is 9.88 Å². The first kappa shape index (κ1) is 24.8. The molecule has 4 aromatic rings. The first-order chi connectivity index (χ1) is 19.0. The Bertz CT molecular complexity index is 1540. The Morgan fingerprint density at radius 3 is 2.97 bits per heavy atom. The molecule has 39 heavy (non-hydrogen) atoms. The zero-order chi connectivity index (χ0) is 26.6. The van der Waals surface area contributed by atoms with Crippen LogP contribution in [0.4, 0.5) is 19.7 Å². The van der Waals surface area contributed by atoms with Crippen LogP contribution in [0.25, 0.3) is 32.4 Å². The lowest BCUT2D eigenvalue weighted by molar-refractivity contribution is 0.107.